The monoisotopic (exact) mass is 341 g/mol. The van der Waals surface area contributed by atoms with Crippen molar-refractivity contribution in [3.63, 3.8) is 0 Å². The van der Waals surface area contributed by atoms with Gasteiger partial charge in [0.2, 0.25) is 5.91 Å². The number of likely N-dealkylation sites (tertiary alicyclic amines) is 1. The highest BCUT2D eigenvalue weighted by atomic mass is 16.3. The highest BCUT2D eigenvalue weighted by Crippen LogP contribution is 2.22. The van der Waals surface area contributed by atoms with Gasteiger partial charge < -0.3 is 14.6 Å². The Morgan fingerprint density at radius 3 is 2.76 bits per heavy atom. The van der Waals surface area contributed by atoms with Crippen LogP contribution in [0.3, 0.4) is 0 Å². The number of carbonyl (C=O) groups excluding carboxylic acids is 2. The number of rotatable bonds is 4. The summed E-state index contributed by atoms with van der Waals surface area (Å²) in [7, 11) is 0. The second kappa shape index (κ2) is 7.51. The number of furan rings is 1. The minimum atomic E-state index is -0.173. The molecule has 25 heavy (non-hydrogen) atoms. The van der Waals surface area contributed by atoms with Crippen LogP contribution in [-0.2, 0) is 11.3 Å². The summed E-state index contributed by atoms with van der Waals surface area (Å²) in [4.78, 5) is 30.9. The summed E-state index contributed by atoms with van der Waals surface area (Å²) in [6, 6.07) is 5.52. The lowest BCUT2D eigenvalue weighted by Gasteiger charge is -2.32. The third-order valence-electron chi connectivity index (χ3n) is 4.57. The predicted molar refractivity (Wildman–Crippen MR) is 92.9 cm³/mol. The van der Waals surface area contributed by atoms with Crippen molar-refractivity contribution < 1.29 is 14.0 Å². The Balaban J connectivity index is 1.59. The molecule has 1 unspecified atom stereocenters. The van der Waals surface area contributed by atoms with Gasteiger partial charge in [0, 0.05) is 32.0 Å². The van der Waals surface area contributed by atoms with Gasteiger partial charge in [-0.15, -0.1) is 0 Å². The summed E-state index contributed by atoms with van der Waals surface area (Å²) in [6.45, 7) is 5.23. The van der Waals surface area contributed by atoms with E-state index in [1.165, 1.54) is 0 Å². The second-order valence-electron chi connectivity index (χ2n) is 6.49. The van der Waals surface area contributed by atoms with E-state index in [9.17, 15) is 9.59 Å². The van der Waals surface area contributed by atoms with Gasteiger partial charge in [-0.05, 0) is 50.5 Å². The van der Waals surface area contributed by atoms with Crippen LogP contribution in [0, 0.1) is 19.8 Å². The molecule has 1 aliphatic rings. The van der Waals surface area contributed by atoms with Crippen LogP contribution in [-0.4, -0.2) is 34.8 Å². The van der Waals surface area contributed by atoms with Crippen LogP contribution < -0.4 is 5.32 Å². The van der Waals surface area contributed by atoms with Gasteiger partial charge in [-0.2, -0.15) is 0 Å². The van der Waals surface area contributed by atoms with E-state index >= 15 is 0 Å². The maximum Gasteiger partial charge on any atom is 0.257 e. The number of amides is 2. The Labute approximate surface area is 147 Å². The number of nitrogens with zero attached hydrogens (tertiary/aromatic N) is 2. The Morgan fingerprint density at radius 2 is 2.08 bits per heavy atom. The standard InChI is InChI=1S/C19H23N3O3/c1-13-10-17(14(2)25-13)19(24)22-9-3-4-16(12-22)18(23)21-11-15-5-7-20-8-6-15/h5-8,10,16H,3-4,9,11-12H2,1-2H3,(H,21,23). The Morgan fingerprint density at radius 1 is 1.32 bits per heavy atom. The van der Waals surface area contributed by atoms with Gasteiger partial charge in [0.05, 0.1) is 11.5 Å². The lowest BCUT2D eigenvalue weighted by atomic mass is 9.96. The lowest BCUT2D eigenvalue weighted by molar-refractivity contribution is -0.126. The molecule has 6 nitrogen and oxygen atoms in total. The minimum Gasteiger partial charge on any atom is -0.466 e. The number of piperidine rings is 1. The molecule has 3 rings (SSSR count). The number of hydrogen-bond acceptors (Lipinski definition) is 4. The summed E-state index contributed by atoms with van der Waals surface area (Å²) in [5.41, 5.74) is 1.60. The van der Waals surface area contributed by atoms with Gasteiger partial charge in [-0.25, -0.2) is 0 Å². The topological polar surface area (TPSA) is 75.4 Å². The fourth-order valence-corrected chi connectivity index (χ4v) is 3.22. The second-order valence-corrected chi connectivity index (χ2v) is 6.49. The third kappa shape index (κ3) is 4.07. The van der Waals surface area contributed by atoms with Crippen LogP contribution in [0.25, 0.3) is 0 Å². The highest BCUT2D eigenvalue weighted by Gasteiger charge is 2.30. The first-order valence-corrected chi connectivity index (χ1v) is 8.57. The number of carbonyl (C=O) groups is 2. The first-order chi connectivity index (χ1) is 12.0. The van der Waals surface area contributed by atoms with Crippen LogP contribution >= 0.6 is 0 Å². The molecule has 132 valence electrons. The van der Waals surface area contributed by atoms with Crippen LogP contribution in [0.1, 0.15) is 40.3 Å². The molecule has 0 saturated carbocycles. The number of hydrogen-bond donors (Lipinski definition) is 1. The SMILES string of the molecule is Cc1cc(C(=O)N2CCCC(C(=O)NCc3ccncc3)C2)c(C)o1. The molecular formula is C19H23N3O3. The maximum atomic E-state index is 12.7. The summed E-state index contributed by atoms with van der Waals surface area (Å²) in [5.74, 6) is 1.12. The van der Waals surface area contributed by atoms with Gasteiger partial charge in [0.25, 0.3) is 5.91 Å². The molecule has 6 heteroatoms. The van der Waals surface area contributed by atoms with Crippen molar-refractivity contribution in [1.29, 1.82) is 0 Å². The number of aromatic nitrogens is 1. The predicted octanol–water partition coefficient (Wildman–Crippen LogP) is 2.46. The molecular weight excluding hydrogens is 318 g/mol. The van der Waals surface area contributed by atoms with E-state index < -0.39 is 0 Å². The van der Waals surface area contributed by atoms with Crippen molar-refractivity contribution in [1.82, 2.24) is 15.2 Å². The van der Waals surface area contributed by atoms with Crippen molar-refractivity contribution in [2.24, 2.45) is 5.92 Å². The van der Waals surface area contributed by atoms with Crippen LogP contribution in [0.15, 0.2) is 35.0 Å². The number of aryl methyl sites for hydroxylation is 2. The zero-order valence-corrected chi connectivity index (χ0v) is 14.6. The lowest BCUT2D eigenvalue weighted by Crippen LogP contribution is -2.45. The molecule has 1 atom stereocenters. The first kappa shape index (κ1) is 17.2. The highest BCUT2D eigenvalue weighted by molar-refractivity contribution is 5.95. The summed E-state index contributed by atoms with van der Waals surface area (Å²) in [5, 5.41) is 2.96. The fourth-order valence-electron chi connectivity index (χ4n) is 3.22. The van der Waals surface area contributed by atoms with E-state index in [0.717, 1.165) is 24.2 Å². The molecule has 3 heterocycles. The molecule has 2 amide bonds. The van der Waals surface area contributed by atoms with Crippen molar-refractivity contribution in [2.45, 2.75) is 33.2 Å². The number of pyridine rings is 1. The van der Waals surface area contributed by atoms with E-state index in [1.807, 2.05) is 19.1 Å². The molecule has 0 aromatic carbocycles. The molecule has 2 aromatic rings. The van der Waals surface area contributed by atoms with Gasteiger partial charge in [0.15, 0.2) is 0 Å². The van der Waals surface area contributed by atoms with Crippen molar-refractivity contribution in [3.05, 3.63) is 53.2 Å². The summed E-state index contributed by atoms with van der Waals surface area (Å²) >= 11 is 0. The van der Waals surface area contributed by atoms with Crippen LogP contribution in [0.4, 0.5) is 0 Å². The van der Waals surface area contributed by atoms with Gasteiger partial charge in [-0.1, -0.05) is 0 Å². The smallest absolute Gasteiger partial charge is 0.257 e. The largest absolute Gasteiger partial charge is 0.466 e. The molecule has 0 radical (unpaired) electrons. The quantitative estimate of drug-likeness (QED) is 0.927. The minimum absolute atomic E-state index is 0.00518. The molecule has 0 aliphatic carbocycles. The molecule has 1 aliphatic heterocycles. The first-order valence-electron chi connectivity index (χ1n) is 8.57. The molecule has 1 saturated heterocycles. The van der Waals surface area contributed by atoms with E-state index in [4.69, 9.17) is 4.42 Å². The maximum absolute atomic E-state index is 12.7. The Hall–Kier alpha value is -2.63. The average Bonchev–Trinajstić information content (AvgIpc) is 2.98. The average molecular weight is 341 g/mol. The van der Waals surface area contributed by atoms with Crippen molar-refractivity contribution in [2.75, 3.05) is 13.1 Å². The van der Waals surface area contributed by atoms with Crippen molar-refractivity contribution in [3.8, 4) is 0 Å². The zero-order chi connectivity index (χ0) is 17.8. The van der Waals surface area contributed by atoms with Gasteiger partial charge in [-0.3, -0.25) is 14.6 Å². The van der Waals surface area contributed by atoms with Crippen molar-refractivity contribution >= 4 is 11.8 Å². The van der Waals surface area contributed by atoms with E-state index in [2.05, 4.69) is 10.3 Å². The molecule has 1 N–H and O–H groups in total. The summed E-state index contributed by atoms with van der Waals surface area (Å²) in [6.07, 6.45) is 5.04. The molecule has 1 fully saturated rings. The molecule has 0 bridgehead atoms. The Bertz CT molecular complexity index is 755. The van der Waals surface area contributed by atoms with E-state index in [1.54, 1.807) is 30.3 Å². The third-order valence-corrected chi connectivity index (χ3v) is 4.57. The fraction of sp³-hybridized carbons (Fsp3) is 0.421. The normalized spacial score (nSPS) is 17.4. The Kier molecular flexibility index (Phi) is 5.16. The van der Waals surface area contributed by atoms with Crippen LogP contribution in [0.5, 0.6) is 0 Å². The summed E-state index contributed by atoms with van der Waals surface area (Å²) < 4.78 is 5.46. The van der Waals surface area contributed by atoms with Gasteiger partial charge in [0.1, 0.15) is 11.5 Å². The van der Waals surface area contributed by atoms with E-state index in [0.29, 0.717) is 31.0 Å². The molecule has 2 aromatic heterocycles. The van der Waals surface area contributed by atoms with Crippen LogP contribution in [0.2, 0.25) is 0 Å². The zero-order valence-electron chi connectivity index (χ0n) is 14.6. The molecule has 0 spiro atoms. The number of nitrogens with one attached hydrogen (secondary N) is 1. The van der Waals surface area contributed by atoms with E-state index in [-0.39, 0.29) is 17.7 Å². The van der Waals surface area contributed by atoms with Gasteiger partial charge >= 0.3 is 0 Å².